The van der Waals surface area contributed by atoms with Gasteiger partial charge in [0.15, 0.2) is 0 Å². The molecule has 0 spiro atoms. The lowest BCUT2D eigenvalue weighted by Crippen LogP contribution is -2.37. The van der Waals surface area contributed by atoms with Gasteiger partial charge in [0.1, 0.15) is 0 Å². The van der Waals surface area contributed by atoms with Gasteiger partial charge < -0.3 is 9.47 Å². The van der Waals surface area contributed by atoms with Crippen molar-refractivity contribution in [2.24, 2.45) is 5.84 Å². The second kappa shape index (κ2) is 9.04. The summed E-state index contributed by atoms with van der Waals surface area (Å²) in [5.74, 6) is 5.60. The lowest BCUT2D eigenvalue weighted by atomic mass is 10.00. The zero-order valence-electron chi connectivity index (χ0n) is 12.2. The number of hydrazine groups is 1. The van der Waals surface area contributed by atoms with Gasteiger partial charge in [0.2, 0.25) is 0 Å². The van der Waals surface area contributed by atoms with Crippen molar-refractivity contribution < 1.29 is 9.47 Å². The van der Waals surface area contributed by atoms with E-state index < -0.39 is 0 Å². The van der Waals surface area contributed by atoms with Crippen molar-refractivity contribution in [2.45, 2.75) is 32.7 Å². The summed E-state index contributed by atoms with van der Waals surface area (Å²) in [7, 11) is 1.67. The molecule has 0 amide bonds. The van der Waals surface area contributed by atoms with E-state index in [1.54, 1.807) is 7.11 Å². The van der Waals surface area contributed by atoms with Crippen LogP contribution in [0.25, 0.3) is 0 Å². The minimum absolute atomic E-state index is 0.240. The maximum atomic E-state index is 5.60. The van der Waals surface area contributed by atoms with Gasteiger partial charge >= 0.3 is 0 Å². The number of hydrogen-bond acceptors (Lipinski definition) is 4. The van der Waals surface area contributed by atoms with Crippen molar-refractivity contribution >= 4 is 0 Å². The molecule has 0 aliphatic carbocycles. The molecular weight excluding hydrogens is 240 g/mol. The van der Waals surface area contributed by atoms with E-state index in [1.165, 1.54) is 16.7 Å². The smallest absolute Gasteiger partial charge is 0.0700 e. The number of nitrogens with one attached hydrogen (secondary N) is 1. The normalized spacial score (nSPS) is 12.6. The molecule has 4 nitrogen and oxygen atoms in total. The van der Waals surface area contributed by atoms with Gasteiger partial charge in [-0.05, 0) is 43.4 Å². The second-order valence-corrected chi connectivity index (χ2v) is 4.88. The molecular formula is C15H26N2O2. The number of rotatable bonds is 9. The van der Waals surface area contributed by atoms with Crippen molar-refractivity contribution in [2.75, 3.05) is 26.9 Å². The van der Waals surface area contributed by atoms with E-state index in [1.807, 2.05) is 0 Å². The Hall–Kier alpha value is -0.940. The van der Waals surface area contributed by atoms with Crippen LogP contribution in [-0.2, 0) is 15.9 Å². The summed E-state index contributed by atoms with van der Waals surface area (Å²) in [6.07, 6.45) is 1.82. The molecule has 0 radical (unpaired) electrons. The fraction of sp³-hybridized carbons (Fsp3) is 0.600. The molecule has 0 saturated heterocycles. The minimum atomic E-state index is 0.240. The van der Waals surface area contributed by atoms with E-state index >= 15 is 0 Å². The predicted molar refractivity (Wildman–Crippen MR) is 78.0 cm³/mol. The molecule has 1 atom stereocenters. The average Bonchev–Trinajstić information content (AvgIpc) is 2.41. The quantitative estimate of drug-likeness (QED) is 0.406. The lowest BCUT2D eigenvalue weighted by Gasteiger charge is -2.16. The van der Waals surface area contributed by atoms with Gasteiger partial charge in [-0.2, -0.15) is 0 Å². The molecule has 0 aromatic heterocycles. The standard InChI is InChI=1S/C15H26N2O2/c1-12-4-5-14(10-13(12)2)11-15(17-16)6-7-19-9-8-18-3/h4-5,10,15,17H,6-9,11,16H2,1-3H3. The molecule has 19 heavy (non-hydrogen) atoms. The first-order valence-electron chi connectivity index (χ1n) is 6.76. The fourth-order valence-electron chi connectivity index (χ4n) is 1.93. The van der Waals surface area contributed by atoms with Crippen LogP contribution in [0, 0.1) is 13.8 Å². The van der Waals surface area contributed by atoms with E-state index in [4.69, 9.17) is 15.3 Å². The highest BCUT2D eigenvalue weighted by Crippen LogP contribution is 2.12. The molecule has 1 aromatic carbocycles. The van der Waals surface area contributed by atoms with E-state index in [0.29, 0.717) is 19.8 Å². The summed E-state index contributed by atoms with van der Waals surface area (Å²) >= 11 is 0. The summed E-state index contributed by atoms with van der Waals surface area (Å²) in [6.45, 7) is 6.23. The number of methoxy groups -OCH3 is 1. The van der Waals surface area contributed by atoms with E-state index in [9.17, 15) is 0 Å². The number of ether oxygens (including phenoxy) is 2. The molecule has 0 aliphatic rings. The van der Waals surface area contributed by atoms with Crippen molar-refractivity contribution in [3.8, 4) is 0 Å². The maximum absolute atomic E-state index is 5.60. The van der Waals surface area contributed by atoms with Crippen molar-refractivity contribution in [3.63, 3.8) is 0 Å². The predicted octanol–water partition coefficient (Wildman–Crippen LogP) is 1.73. The molecule has 1 aromatic rings. The number of hydrogen-bond donors (Lipinski definition) is 2. The van der Waals surface area contributed by atoms with E-state index in [-0.39, 0.29) is 6.04 Å². The fourth-order valence-corrected chi connectivity index (χ4v) is 1.93. The summed E-state index contributed by atoms with van der Waals surface area (Å²) < 4.78 is 10.4. The van der Waals surface area contributed by atoms with Gasteiger partial charge in [-0.25, -0.2) is 0 Å². The van der Waals surface area contributed by atoms with Crippen LogP contribution in [0.15, 0.2) is 18.2 Å². The van der Waals surface area contributed by atoms with Gasteiger partial charge in [-0.15, -0.1) is 0 Å². The summed E-state index contributed by atoms with van der Waals surface area (Å²) in [4.78, 5) is 0. The van der Waals surface area contributed by atoms with Crippen LogP contribution < -0.4 is 11.3 Å². The number of aryl methyl sites for hydroxylation is 2. The minimum Gasteiger partial charge on any atom is -0.382 e. The third-order valence-electron chi connectivity index (χ3n) is 3.33. The molecule has 4 heteroatoms. The Morgan fingerprint density at radius 2 is 1.95 bits per heavy atom. The molecule has 108 valence electrons. The van der Waals surface area contributed by atoms with Crippen LogP contribution in [0.4, 0.5) is 0 Å². The molecule has 0 aliphatic heterocycles. The number of nitrogens with two attached hydrogens (primary N) is 1. The highest BCUT2D eigenvalue weighted by atomic mass is 16.5. The molecule has 0 bridgehead atoms. The highest BCUT2D eigenvalue weighted by Gasteiger charge is 2.08. The Morgan fingerprint density at radius 1 is 1.16 bits per heavy atom. The van der Waals surface area contributed by atoms with Crippen LogP contribution in [0.1, 0.15) is 23.1 Å². The zero-order chi connectivity index (χ0) is 14.1. The lowest BCUT2D eigenvalue weighted by molar-refractivity contribution is 0.0658. The Bertz CT molecular complexity index is 369. The third kappa shape index (κ3) is 6.16. The Labute approximate surface area is 116 Å². The summed E-state index contributed by atoms with van der Waals surface area (Å²) in [5, 5.41) is 0. The Balaban J connectivity index is 2.36. The van der Waals surface area contributed by atoms with Gasteiger partial charge in [-0.1, -0.05) is 18.2 Å². The molecule has 0 fully saturated rings. The first-order chi connectivity index (χ1) is 9.17. The third-order valence-corrected chi connectivity index (χ3v) is 3.33. The molecule has 1 rings (SSSR count). The maximum Gasteiger partial charge on any atom is 0.0700 e. The molecule has 0 heterocycles. The van der Waals surface area contributed by atoms with Crippen molar-refractivity contribution in [1.82, 2.24) is 5.43 Å². The van der Waals surface area contributed by atoms with Crippen molar-refractivity contribution in [1.29, 1.82) is 0 Å². The summed E-state index contributed by atoms with van der Waals surface area (Å²) in [5.41, 5.74) is 6.82. The molecule has 0 saturated carbocycles. The first-order valence-corrected chi connectivity index (χ1v) is 6.76. The largest absolute Gasteiger partial charge is 0.382 e. The van der Waals surface area contributed by atoms with Gasteiger partial charge in [0.25, 0.3) is 0 Å². The Kier molecular flexibility index (Phi) is 7.67. The van der Waals surface area contributed by atoms with Gasteiger partial charge in [-0.3, -0.25) is 11.3 Å². The van der Waals surface area contributed by atoms with Crippen LogP contribution in [0.3, 0.4) is 0 Å². The highest BCUT2D eigenvalue weighted by molar-refractivity contribution is 5.30. The van der Waals surface area contributed by atoms with Crippen molar-refractivity contribution in [3.05, 3.63) is 34.9 Å². The zero-order valence-corrected chi connectivity index (χ0v) is 12.2. The second-order valence-electron chi connectivity index (χ2n) is 4.88. The SMILES string of the molecule is COCCOCCC(Cc1ccc(C)c(C)c1)NN. The van der Waals surface area contributed by atoms with E-state index in [2.05, 4.69) is 37.5 Å². The Morgan fingerprint density at radius 3 is 2.58 bits per heavy atom. The average molecular weight is 266 g/mol. The van der Waals surface area contributed by atoms with E-state index in [0.717, 1.165) is 12.8 Å². The topological polar surface area (TPSA) is 56.5 Å². The van der Waals surface area contributed by atoms with Crippen LogP contribution in [0.2, 0.25) is 0 Å². The van der Waals surface area contributed by atoms with Gasteiger partial charge in [0, 0.05) is 19.8 Å². The van der Waals surface area contributed by atoms with Crippen LogP contribution in [-0.4, -0.2) is 33.0 Å². The monoisotopic (exact) mass is 266 g/mol. The molecule has 1 unspecified atom stereocenters. The van der Waals surface area contributed by atoms with Crippen LogP contribution in [0.5, 0.6) is 0 Å². The molecule has 3 N–H and O–H groups in total. The van der Waals surface area contributed by atoms with Gasteiger partial charge in [0.05, 0.1) is 13.2 Å². The van der Waals surface area contributed by atoms with Crippen LogP contribution >= 0.6 is 0 Å². The summed E-state index contributed by atoms with van der Waals surface area (Å²) in [6, 6.07) is 6.79. The number of benzene rings is 1. The first kappa shape index (κ1) is 16.1.